The van der Waals surface area contributed by atoms with Crippen LogP contribution in [0.4, 0.5) is 0 Å². The van der Waals surface area contributed by atoms with Gasteiger partial charge in [-0.25, -0.2) is 9.59 Å². The molecule has 3 aliphatic rings. The SMILES string of the molecule is CCOC(=O)C1=C(CC(C)O)C2C1C1OC2(C(=O)OC)c2ccccc21. The molecule has 2 heterocycles. The molecule has 1 saturated heterocycles. The van der Waals surface area contributed by atoms with E-state index in [1.54, 1.807) is 13.8 Å². The van der Waals surface area contributed by atoms with Gasteiger partial charge in [0, 0.05) is 23.0 Å². The molecule has 6 heteroatoms. The standard InChI is InChI=1S/C20H22O6/c1-4-25-18(22)14-12(9-10(2)21)16-15(14)17-11-7-5-6-8-13(11)20(16,26-17)19(23)24-3/h5-8,10,15-17,21H,4,9H2,1-3H3. The van der Waals surface area contributed by atoms with Gasteiger partial charge in [-0.05, 0) is 31.4 Å². The average Bonchev–Trinajstić information content (AvgIpc) is 3.09. The smallest absolute Gasteiger partial charge is 0.343 e. The largest absolute Gasteiger partial charge is 0.467 e. The summed E-state index contributed by atoms with van der Waals surface area (Å²) in [7, 11) is 1.34. The third kappa shape index (κ3) is 2.00. The number of hydrogen-bond donors (Lipinski definition) is 1. The van der Waals surface area contributed by atoms with Gasteiger partial charge in [-0.1, -0.05) is 24.3 Å². The summed E-state index contributed by atoms with van der Waals surface area (Å²) in [5, 5.41) is 9.94. The zero-order valence-electron chi connectivity index (χ0n) is 15.0. The predicted octanol–water partition coefficient (Wildman–Crippen LogP) is 2.02. The van der Waals surface area contributed by atoms with Gasteiger partial charge in [0.2, 0.25) is 0 Å². The lowest BCUT2D eigenvalue weighted by molar-refractivity contribution is -0.169. The fourth-order valence-corrected chi connectivity index (χ4v) is 4.88. The van der Waals surface area contributed by atoms with E-state index in [0.29, 0.717) is 12.0 Å². The molecule has 0 spiro atoms. The normalized spacial score (nSPS) is 31.8. The maximum absolute atomic E-state index is 12.8. The second-order valence-corrected chi connectivity index (χ2v) is 7.07. The highest BCUT2D eigenvalue weighted by molar-refractivity contribution is 5.96. The fourth-order valence-electron chi connectivity index (χ4n) is 4.88. The maximum Gasteiger partial charge on any atom is 0.343 e. The van der Waals surface area contributed by atoms with E-state index in [0.717, 1.165) is 16.7 Å². The van der Waals surface area contributed by atoms with Crippen LogP contribution in [0.25, 0.3) is 0 Å². The lowest BCUT2D eigenvalue weighted by Crippen LogP contribution is -2.51. The van der Waals surface area contributed by atoms with E-state index in [-0.39, 0.29) is 24.5 Å². The molecule has 4 rings (SSSR count). The minimum Gasteiger partial charge on any atom is -0.467 e. The Balaban J connectivity index is 1.87. The van der Waals surface area contributed by atoms with Crippen LogP contribution in [0.2, 0.25) is 0 Å². The van der Waals surface area contributed by atoms with Crippen LogP contribution in [0.15, 0.2) is 35.4 Å². The minimum absolute atomic E-state index is 0.253. The molecule has 6 nitrogen and oxygen atoms in total. The van der Waals surface area contributed by atoms with Crippen molar-refractivity contribution in [3.05, 3.63) is 46.5 Å². The number of ether oxygens (including phenoxy) is 3. The summed E-state index contributed by atoms with van der Waals surface area (Å²) in [6, 6.07) is 7.57. The molecule has 0 saturated carbocycles. The van der Waals surface area contributed by atoms with E-state index in [2.05, 4.69) is 0 Å². The van der Waals surface area contributed by atoms with E-state index in [1.807, 2.05) is 24.3 Å². The van der Waals surface area contributed by atoms with Crippen molar-refractivity contribution in [3.8, 4) is 0 Å². The van der Waals surface area contributed by atoms with E-state index in [1.165, 1.54) is 7.11 Å². The van der Waals surface area contributed by atoms with Gasteiger partial charge >= 0.3 is 11.9 Å². The third-order valence-corrected chi connectivity index (χ3v) is 5.66. The number of methoxy groups -OCH3 is 1. The van der Waals surface area contributed by atoms with Crippen LogP contribution in [-0.4, -0.2) is 36.9 Å². The summed E-state index contributed by atoms with van der Waals surface area (Å²) >= 11 is 0. The van der Waals surface area contributed by atoms with Gasteiger partial charge in [-0.15, -0.1) is 0 Å². The third-order valence-electron chi connectivity index (χ3n) is 5.66. The van der Waals surface area contributed by atoms with Crippen LogP contribution in [0, 0.1) is 11.8 Å². The molecule has 138 valence electrons. The van der Waals surface area contributed by atoms with Gasteiger partial charge in [0.25, 0.3) is 0 Å². The zero-order chi connectivity index (χ0) is 18.6. The van der Waals surface area contributed by atoms with Crippen molar-refractivity contribution in [2.45, 2.75) is 38.1 Å². The van der Waals surface area contributed by atoms with Gasteiger partial charge in [0.1, 0.15) is 0 Å². The Morgan fingerprint density at radius 2 is 2.08 bits per heavy atom. The molecule has 5 unspecified atom stereocenters. The average molecular weight is 358 g/mol. The molecule has 1 aliphatic carbocycles. The number of hydrogen-bond acceptors (Lipinski definition) is 6. The number of fused-ring (bicyclic) bond motifs is 8. The second kappa shape index (κ2) is 5.93. The van der Waals surface area contributed by atoms with Crippen molar-refractivity contribution in [1.82, 2.24) is 0 Å². The van der Waals surface area contributed by atoms with Gasteiger partial charge in [0.15, 0.2) is 5.60 Å². The van der Waals surface area contributed by atoms with Gasteiger partial charge in [0.05, 0.1) is 25.9 Å². The molecule has 0 radical (unpaired) electrons. The van der Waals surface area contributed by atoms with Crippen LogP contribution in [-0.2, 0) is 29.4 Å². The number of rotatable bonds is 5. The van der Waals surface area contributed by atoms with E-state index >= 15 is 0 Å². The van der Waals surface area contributed by atoms with E-state index in [9.17, 15) is 14.7 Å². The number of aliphatic hydroxyl groups is 1. The maximum atomic E-state index is 12.8. The molecule has 0 aromatic heterocycles. The quantitative estimate of drug-likeness (QED) is 0.811. The van der Waals surface area contributed by atoms with Crippen molar-refractivity contribution in [2.75, 3.05) is 13.7 Å². The molecular formula is C20H22O6. The number of aliphatic hydroxyl groups excluding tert-OH is 1. The summed E-state index contributed by atoms with van der Waals surface area (Å²) < 4.78 is 16.6. The van der Waals surface area contributed by atoms with Crippen molar-refractivity contribution in [2.24, 2.45) is 11.8 Å². The van der Waals surface area contributed by atoms with Crippen molar-refractivity contribution in [3.63, 3.8) is 0 Å². The minimum atomic E-state index is -1.25. The van der Waals surface area contributed by atoms with Crippen LogP contribution in [0.5, 0.6) is 0 Å². The van der Waals surface area contributed by atoms with Gasteiger partial charge < -0.3 is 19.3 Å². The number of benzene rings is 1. The molecule has 1 aromatic carbocycles. The fraction of sp³-hybridized carbons (Fsp3) is 0.500. The summed E-state index contributed by atoms with van der Waals surface area (Å²) in [6.07, 6.45) is -0.723. The highest BCUT2D eigenvalue weighted by atomic mass is 16.6. The molecular weight excluding hydrogens is 336 g/mol. The molecule has 26 heavy (non-hydrogen) atoms. The first kappa shape index (κ1) is 17.2. The molecule has 1 aromatic rings. The van der Waals surface area contributed by atoms with E-state index < -0.39 is 23.6 Å². The Kier molecular flexibility index (Phi) is 3.93. The Morgan fingerprint density at radius 3 is 2.73 bits per heavy atom. The molecule has 2 bridgehead atoms. The first-order valence-corrected chi connectivity index (χ1v) is 8.91. The summed E-state index contributed by atoms with van der Waals surface area (Å²) in [6.45, 7) is 3.69. The second-order valence-electron chi connectivity index (χ2n) is 7.07. The summed E-state index contributed by atoms with van der Waals surface area (Å²) in [5.41, 5.74) is 1.75. The van der Waals surface area contributed by atoms with Crippen LogP contribution in [0.1, 0.15) is 37.5 Å². The number of esters is 2. The topological polar surface area (TPSA) is 82.1 Å². The molecule has 1 fully saturated rings. The Bertz CT molecular complexity index is 810. The number of carbonyl (C=O) groups excluding carboxylic acids is 2. The van der Waals surface area contributed by atoms with Crippen LogP contribution < -0.4 is 0 Å². The van der Waals surface area contributed by atoms with E-state index in [4.69, 9.17) is 14.2 Å². The van der Waals surface area contributed by atoms with Gasteiger partial charge in [-0.3, -0.25) is 0 Å². The Hall–Kier alpha value is -2.18. The van der Waals surface area contributed by atoms with Crippen LogP contribution in [0.3, 0.4) is 0 Å². The summed E-state index contributed by atoms with van der Waals surface area (Å²) in [5.74, 6) is -1.43. The molecule has 0 amide bonds. The monoisotopic (exact) mass is 358 g/mol. The highest BCUT2D eigenvalue weighted by Gasteiger charge is 2.73. The van der Waals surface area contributed by atoms with Crippen molar-refractivity contribution < 1.29 is 28.9 Å². The number of carbonyl (C=O) groups is 2. The molecule has 1 N–H and O–H groups in total. The molecule has 2 aliphatic heterocycles. The van der Waals surface area contributed by atoms with Gasteiger partial charge in [-0.2, -0.15) is 0 Å². The molecule has 5 atom stereocenters. The Labute approximate surface area is 151 Å². The lowest BCUT2D eigenvalue weighted by Gasteiger charge is -2.45. The Morgan fingerprint density at radius 1 is 1.35 bits per heavy atom. The zero-order valence-corrected chi connectivity index (χ0v) is 15.0. The lowest BCUT2D eigenvalue weighted by atomic mass is 9.54. The first-order valence-electron chi connectivity index (χ1n) is 8.91. The van der Waals surface area contributed by atoms with Crippen molar-refractivity contribution in [1.29, 1.82) is 0 Å². The highest BCUT2D eigenvalue weighted by Crippen LogP contribution is 2.70. The van der Waals surface area contributed by atoms with Crippen LogP contribution >= 0.6 is 0 Å². The predicted molar refractivity (Wildman–Crippen MR) is 90.9 cm³/mol. The first-order chi connectivity index (χ1) is 12.5. The van der Waals surface area contributed by atoms with Crippen molar-refractivity contribution >= 4 is 11.9 Å². The summed E-state index contributed by atoms with van der Waals surface area (Å²) in [4.78, 5) is 25.4.